The van der Waals surface area contributed by atoms with E-state index in [4.69, 9.17) is 14.2 Å². The summed E-state index contributed by atoms with van der Waals surface area (Å²) in [6, 6.07) is 10.4. The van der Waals surface area contributed by atoms with Crippen molar-refractivity contribution in [3.63, 3.8) is 0 Å². The maximum absolute atomic E-state index is 12.7. The predicted molar refractivity (Wildman–Crippen MR) is 119 cm³/mol. The van der Waals surface area contributed by atoms with Crippen LogP contribution in [0.15, 0.2) is 36.4 Å². The van der Waals surface area contributed by atoms with Crippen molar-refractivity contribution in [2.45, 2.75) is 26.5 Å². The van der Waals surface area contributed by atoms with E-state index in [0.717, 1.165) is 11.3 Å². The maximum atomic E-state index is 12.7. The third kappa shape index (κ3) is 6.32. The molecule has 0 unspecified atom stereocenters. The monoisotopic (exact) mass is 432 g/mol. The van der Waals surface area contributed by atoms with Crippen molar-refractivity contribution in [2.24, 2.45) is 0 Å². The molecule has 30 heavy (non-hydrogen) atoms. The molecule has 2 rings (SSSR count). The summed E-state index contributed by atoms with van der Waals surface area (Å²) in [5.74, 6) is 1.19. The van der Waals surface area contributed by atoms with Gasteiger partial charge >= 0.3 is 0 Å². The Kier molecular flexibility index (Phi) is 9.34. The summed E-state index contributed by atoms with van der Waals surface area (Å²) in [5.41, 5.74) is 6.68. The van der Waals surface area contributed by atoms with Crippen molar-refractivity contribution < 1.29 is 23.8 Å². The van der Waals surface area contributed by atoms with Gasteiger partial charge in [0.25, 0.3) is 11.8 Å². The summed E-state index contributed by atoms with van der Waals surface area (Å²) in [7, 11) is 0. The molecule has 162 valence electrons. The summed E-state index contributed by atoms with van der Waals surface area (Å²) in [4.78, 5) is 25.1. The molecule has 0 aromatic heterocycles. The van der Waals surface area contributed by atoms with Gasteiger partial charge in [0.15, 0.2) is 11.5 Å². The number of hydrogen-bond acceptors (Lipinski definition) is 6. The molecule has 0 saturated heterocycles. The molecule has 2 aromatic rings. The summed E-state index contributed by atoms with van der Waals surface area (Å²) in [5, 5.41) is 0. The van der Waals surface area contributed by atoms with E-state index in [9.17, 15) is 9.59 Å². The molecule has 2 amide bonds. The van der Waals surface area contributed by atoms with E-state index in [1.807, 2.05) is 39.2 Å². The highest BCUT2D eigenvalue weighted by Crippen LogP contribution is 2.39. The first-order chi connectivity index (χ1) is 14.5. The lowest BCUT2D eigenvalue weighted by molar-refractivity contribution is 0.0846. The van der Waals surface area contributed by atoms with E-state index in [1.165, 1.54) is 0 Å². The Hall–Kier alpha value is -2.87. The first kappa shape index (κ1) is 23.4. The molecule has 0 spiro atoms. The fourth-order valence-corrected chi connectivity index (χ4v) is 3.26. The number of hydrogen-bond donors (Lipinski definition) is 2. The second-order valence-electron chi connectivity index (χ2n) is 6.14. The second-order valence-corrected chi connectivity index (χ2v) is 7.01. The summed E-state index contributed by atoms with van der Waals surface area (Å²) in [6.45, 7) is 6.77. The van der Waals surface area contributed by atoms with Crippen LogP contribution in [0.3, 0.4) is 0 Å². The zero-order valence-electron chi connectivity index (χ0n) is 17.7. The maximum Gasteiger partial charge on any atom is 0.269 e. The van der Waals surface area contributed by atoms with Crippen LogP contribution in [0.5, 0.6) is 17.2 Å². The Morgan fingerprint density at radius 2 is 1.40 bits per heavy atom. The highest BCUT2D eigenvalue weighted by atomic mass is 32.2. The van der Waals surface area contributed by atoms with Crippen LogP contribution in [0, 0.1) is 0 Å². The normalized spacial score (nSPS) is 10.3. The Morgan fingerprint density at radius 3 is 1.93 bits per heavy atom. The number of ether oxygens (including phenoxy) is 3. The van der Waals surface area contributed by atoms with E-state index in [2.05, 4.69) is 10.9 Å². The summed E-state index contributed by atoms with van der Waals surface area (Å²) >= 11 is 1.67. The molecule has 0 fully saturated rings. The van der Waals surface area contributed by atoms with Crippen molar-refractivity contribution in [2.75, 3.05) is 26.1 Å². The molecule has 2 aromatic carbocycles. The highest BCUT2D eigenvalue weighted by Gasteiger charge is 2.19. The van der Waals surface area contributed by atoms with Crippen LogP contribution in [-0.4, -0.2) is 37.9 Å². The molecule has 0 saturated carbocycles. The van der Waals surface area contributed by atoms with Crippen LogP contribution in [-0.2, 0) is 5.75 Å². The molecule has 0 aliphatic rings. The van der Waals surface area contributed by atoms with E-state index in [-0.39, 0.29) is 5.56 Å². The average Bonchev–Trinajstić information content (AvgIpc) is 2.74. The van der Waals surface area contributed by atoms with E-state index in [1.54, 1.807) is 36.0 Å². The topological polar surface area (TPSA) is 85.9 Å². The minimum Gasteiger partial charge on any atom is -0.490 e. The third-order valence-corrected chi connectivity index (χ3v) is 4.58. The number of thioether (sulfide) groups is 1. The average molecular weight is 433 g/mol. The van der Waals surface area contributed by atoms with Gasteiger partial charge in [0.05, 0.1) is 19.8 Å². The molecule has 0 bridgehead atoms. The van der Waals surface area contributed by atoms with Crippen molar-refractivity contribution in [1.29, 1.82) is 0 Å². The van der Waals surface area contributed by atoms with Crippen LogP contribution in [0.4, 0.5) is 0 Å². The standard InChI is InChI=1S/C22H28N2O5S/c1-5-27-18-12-17(13-19(28-6-2)20(18)29-7-3)22(26)24-23-21(25)16-10-8-9-15(11-16)14-30-4/h8-13H,5-7,14H2,1-4H3,(H,23,25)(H,24,26). The number of carbonyl (C=O) groups is 2. The van der Waals surface area contributed by atoms with E-state index >= 15 is 0 Å². The fourth-order valence-electron chi connectivity index (χ4n) is 2.75. The van der Waals surface area contributed by atoms with Crippen molar-refractivity contribution in [1.82, 2.24) is 10.9 Å². The van der Waals surface area contributed by atoms with Gasteiger partial charge in [-0.3, -0.25) is 20.4 Å². The highest BCUT2D eigenvalue weighted by molar-refractivity contribution is 7.97. The minimum absolute atomic E-state index is 0.279. The van der Waals surface area contributed by atoms with Gasteiger partial charge in [-0.2, -0.15) is 11.8 Å². The predicted octanol–water partition coefficient (Wildman–Crippen LogP) is 3.82. The zero-order chi connectivity index (χ0) is 21.9. The van der Waals surface area contributed by atoms with Gasteiger partial charge in [-0.25, -0.2) is 0 Å². The lowest BCUT2D eigenvalue weighted by atomic mass is 10.1. The number of hydrazine groups is 1. The molecule has 8 heteroatoms. The molecule has 2 N–H and O–H groups in total. The van der Waals surface area contributed by atoms with E-state index < -0.39 is 11.8 Å². The van der Waals surface area contributed by atoms with Crippen LogP contribution < -0.4 is 25.1 Å². The zero-order valence-corrected chi connectivity index (χ0v) is 18.6. The smallest absolute Gasteiger partial charge is 0.269 e. The van der Waals surface area contributed by atoms with Gasteiger partial charge in [-0.05, 0) is 56.9 Å². The first-order valence-electron chi connectivity index (χ1n) is 9.78. The quantitative estimate of drug-likeness (QED) is 0.555. The molecule has 0 heterocycles. The summed E-state index contributed by atoms with van der Waals surface area (Å²) in [6.07, 6.45) is 2.00. The number of rotatable bonds is 10. The molecular weight excluding hydrogens is 404 g/mol. The van der Waals surface area contributed by atoms with Gasteiger partial charge in [0, 0.05) is 16.9 Å². The molecule has 7 nitrogen and oxygen atoms in total. The van der Waals surface area contributed by atoms with Crippen molar-refractivity contribution in [3.8, 4) is 17.2 Å². The van der Waals surface area contributed by atoms with Gasteiger partial charge in [0.1, 0.15) is 0 Å². The molecule has 0 radical (unpaired) electrons. The molecular formula is C22H28N2O5S. The van der Waals surface area contributed by atoms with Crippen LogP contribution in [0.1, 0.15) is 47.1 Å². The lowest BCUT2D eigenvalue weighted by Crippen LogP contribution is -2.41. The number of carbonyl (C=O) groups excluding carboxylic acids is 2. The Bertz CT molecular complexity index is 845. The number of nitrogens with one attached hydrogen (secondary N) is 2. The third-order valence-electron chi connectivity index (χ3n) is 3.96. The van der Waals surface area contributed by atoms with Crippen LogP contribution in [0.25, 0.3) is 0 Å². The van der Waals surface area contributed by atoms with Gasteiger partial charge in [-0.1, -0.05) is 12.1 Å². The lowest BCUT2D eigenvalue weighted by Gasteiger charge is -2.17. The van der Waals surface area contributed by atoms with Crippen molar-refractivity contribution >= 4 is 23.6 Å². The fraction of sp³-hybridized carbons (Fsp3) is 0.364. The largest absolute Gasteiger partial charge is 0.490 e. The minimum atomic E-state index is -0.492. The van der Waals surface area contributed by atoms with Crippen LogP contribution in [0.2, 0.25) is 0 Å². The van der Waals surface area contributed by atoms with Gasteiger partial charge in [-0.15, -0.1) is 0 Å². The van der Waals surface area contributed by atoms with E-state index in [0.29, 0.717) is 42.6 Å². The second kappa shape index (κ2) is 12.0. The molecule has 0 aliphatic heterocycles. The SMILES string of the molecule is CCOc1cc(C(=O)NNC(=O)c2cccc(CSC)c2)cc(OCC)c1OCC. The molecule has 0 aliphatic carbocycles. The van der Waals surface area contributed by atoms with Gasteiger partial charge in [0.2, 0.25) is 5.75 Å². The Balaban J connectivity index is 2.17. The number of amides is 2. The number of benzene rings is 2. The van der Waals surface area contributed by atoms with Crippen LogP contribution >= 0.6 is 11.8 Å². The van der Waals surface area contributed by atoms with Crippen molar-refractivity contribution in [3.05, 3.63) is 53.1 Å². The Labute approximate surface area is 181 Å². The Morgan fingerprint density at radius 1 is 0.833 bits per heavy atom. The van der Waals surface area contributed by atoms with Gasteiger partial charge < -0.3 is 14.2 Å². The molecule has 0 atom stereocenters. The first-order valence-corrected chi connectivity index (χ1v) is 11.2. The summed E-state index contributed by atoms with van der Waals surface area (Å²) < 4.78 is 16.9.